The SMILES string of the molecule is CCCCCNS(=O)(=O)c1cccc(C(=O)NCCC(C)C)c1. The van der Waals surface area contributed by atoms with Crippen LogP contribution in [0.15, 0.2) is 29.2 Å². The van der Waals surface area contributed by atoms with E-state index >= 15 is 0 Å². The van der Waals surface area contributed by atoms with Crippen molar-refractivity contribution in [3.05, 3.63) is 29.8 Å². The monoisotopic (exact) mass is 340 g/mol. The fourth-order valence-corrected chi connectivity index (χ4v) is 3.17. The standard InChI is InChI=1S/C17H28N2O3S/c1-4-5-6-11-19-23(21,22)16-9-7-8-15(13-16)17(20)18-12-10-14(2)3/h7-9,13-14,19H,4-6,10-12H2,1-3H3,(H,18,20). The molecule has 23 heavy (non-hydrogen) atoms. The molecule has 1 aromatic rings. The molecule has 5 nitrogen and oxygen atoms in total. The Balaban J connectivity index is 2.69. The highest BCUT2D eigenvalue weighted by atomic mass is 32.2. The predicted octanol–water partition coefficient (Wildman–Crippen LogP) is 2.93. The molecule has 0 aliphatic heterocycles. The Morgan fingerprint density at radius 1 is 1.17 bits per heavy atom. The molecule has 0 unspecified atom stereocenters. The maximum atomic E-state index is 12.2. The highest BCUT2D eigenvalue weighted by molar-refractivity contribution is 7.89. The van der Waals surface area contributed by atoms with Gasteiger partial charge in [-0.25, -0.2) is 13.1 Å². The molecule has 0 aromatic heterocycles. The van der Waals surface area contributed by atoms with E-state index in [2.05, 4.69) is 30.8 Å². The molecule has 0 aliphatic rings. The molecule has 0 atom stereocenters. The summed E-state index contributed by atoms with van der Waals surface area (Å²) < 4.78 is 27.0. The molecule has 130 valence electrons. The van der Waals surface area contributed by atoms with Gasteiger partial charge >= 0.3 is 0 Å². The van der Waals surface area contributed by atoms with Crippen molar-refractivity contribution in [3.8, 4) is 0 Å². The molecule has 1 aromatic carbocycles. The van der Waals surface area contributed by atoms with Crippen molar-refractivity contribution in [2.45, 2.75) is 51.3 Å². The quantitative estimate of drug-likeness (QED) is 0.643. The van der Waals surface area contributed by atoms with Crippen LogP contribution in [0.2, 0.25) is 0 Å². The first-order chi connectivity index (χ1) is 10.9. The van der Waals surface area contributed by atoms with Crippen LogP contribution in [0.3, 0.4) is 0 Å². The van der Waals surface area contributed by atoms with Gasteiger partial charge in [0.25, 0.3) is 5.91 Å². The van der Waals surface area contributed by atoms with Gasteiger partial charge in [0.1, 0.15) is 0 Å². The van der Waals surface area contributed by atoms with Gasteiger partial charge in [0, 0.05) is 18.7 Å². The maximum absolute atomic E-state index is 12.2. The lowest BCUT2D eigenvalue weighted by atomic mass is 10.1. The van der Waals surface area contributed by atoms with Gasteiger partial charge in [-0.2, -0.15) is 0 Å². The van der Waals surface area contributed by atoms with Crippen molar-refractivity contribution in [1.29, 1.82) is 0 Å². The second-order valence-corrected chi connectivity index (χ2v) is 7.84. The summed E-state index contributed by atoms with van der Waals surface area (Å²) >= 11 is 0. The third-order valence-electron chi connectivity index (χ3n) is 3.49. The molecular weight excluding hydrogens is 312 g/mol. The Kier molecular flexibility index (Phi) is 8.26. The van der Waals surface area contributed by atoms with Crippen LogP contribution in [0, 0.1) is 5.92 Å². The van der Waals surface area contributed by atoms with Gasteiger partial charge in [0.05, 0.1) is 4.90 Å². The normalized spacial score (nSPS) is 11.7. The average Bonchev–Trinajstić information content (AvgIpc) is 2.51. The van der Waals surface area contributed by atoms with Crippen LogP contribution in [0.4, 0.5) is 0 Å². The van der Waals surface area contributed by atoms with Crippen molar-refractivity contribution >= 4 is 15.9 Å². The van der Waals surface area contributed by atoms with E-state index in [1.807, 2.05) is 0 Å². The summed E-state index contributed by atoms with van der Waals surface area (Å²) in [5, 5.41) is 2.81. The molecule has 0 saturated heterocycles. The number of rotatable bonds is 10. The number of hydrogen-bond donors (Lipinski definition) is 2. The number of sulfonamides is 1. The fourth-order valence-electron chi connectivity index (χ4n) is 2.05. The zero-order valence-electron chi connectivity index (χ0n) is 14.3. The van der Waals surface area contributed by atoms with Gasteiger partial charge in [0.2, 0.25) is 10.0 Å². The molecule has 2 N–H and O–H groups in total. The van der Waals surface area contributed by atoms with Crippen LogP contribution in [-0.2, 0) is 10.0 Å². The molecule has 0 fully saturated rings. The number of unbranched alkanes of at least 4 members (excludes halogenated alkanes) is 2. The van der Waals surface area contributed by atoms with Gasteiger partial charge < -0.3 is 5.32 Å². The minimum absolute atomic E-state index is 0.130. The lowest BCUT2D eigenvalue weighted by Gasteiger charge is -2.09. The highest BCUT2D eigenvalue weighted by Crippen LogP contribution is 2.12. The number of amides is 1. The molecule has 6 heteroatoms. The van der Waals surface area contributed by atoms with Crippen molar-refractivity contribution in [2.24, 2.45) is 5.92 Å². The first-order valence-corrected chi connectivity index (χ1v) is 9.73. The Hall–Kier alpha value is -1.40. The van der Waals surface area contributed by atoms with Gasteiger partial charge in [-0.05, 0) is 37.0 Å². The predicted molar refractivity (Wildman–Crippen MR) is 92.9 cm³/mol. The van der Waals surface area contributed by atoms with E-state index in [4.69, 9.17) is 0 Å². The van der Waals surface area contributed by atoms with Gasteiger partial charge in [-0.15, -0.1) is 0 Å². The second kappa shape index (κ2) is 9.67. The van der Waals surface area contributed by atoms with E-state index < -0.39 is 10.0 Å². The summed E-state index contributed by atoms with van der Waals surface area (Å²) in [4.78, 5) is 12.2. The molecule has 0 saturated carbocycles. The summed E-state index contributed by atoms with van der Waals surface area (Å²) in [6, 6.07) is 6.15. The molecular formula is C17H28N2O3S. The highest BCUT2D eigenvalue weighted by Gasteiger charge is 2.15. The molecule has 0 heterocycles. The minimum Gasteiger partial charge on any atom is -0.352 e. The number of hydrogen-bond acceptors (Lipinski definition) is 3. The van der Waals surface area contributed by atoms with E-state index in [1.165, 1.54) is 12.1 Å². The smallest absolute Gasteiger partial charge is 0.251 e. The minimum atomic E-state index is -3.56. The number of benzene rings is 1. The van der Waals surface area contributed by atoms with Crippen LogP contribution in [0.25, 0.3) is 0 Å². The Morgan fingerprint density at radius 3 is 2.57 bits per heavy atom. The number of nitrogens with one attached hydrogen (secondary N) is 2. The number of carbonyl (C=O) groups excluding carboxylic acids is 1. The Labute approximate surface area is 139 Å². The van der Waals surface area contributed by atoms with E-state index in [0.717, 1.165) is 25.7 Å². The Bertz CT molecular complexity index is 598. The lowest BCUT2D eigenvalue weighted by molar-refractivity contribution is 0.0952. The molecule has 0 aliphatic carbocycles. The van der Waals surface area contributed by atoms with Crippen LogP contribution < -0.4 is 10.0 Å². The zero-order chi connectivity index (χ0) is 17.3. The van der Waals surface area contributed by atoms with Crippen molar-refractivity contribution in [3.63, 3.8) is 0 Å². The zero-order valence-corrected chi connectivity index (χ0v) is 15.1. The van der Waals surface area contributed by atoms with E-state index in [-0.39, 0.29) is 10.8 Å². The van der Waals surface area contributed by atoms with Crippen LogP contribution in [0.5, 0.6) is 0 Å². The van der Waals surface area contributed by atoms with Gasteiger partial charge in [-0.1, -0.05) is 39.7 Å². The topological polar surface area (TPSA) is 75.3 Å². The van der Waals surface area contributed by atoms with E-state index in [9.17, 15) is 13.2 Å². The molecule has 0 radical (unpaired) electrons. The first kappa shape index (κ1) is 19.6. The Morgan fingerprint density at radius 2 is 1.91 bits per heavy atom. The van der Waals surface area contributed by atoms with E-state index in [0.29, 0.717) is 24.6 Å². The lowest BCUT2D eigenvalue weighted by Crippen LogP contribution is -2.27. The number of carbonyl (C=O) groups is 1. The first-order valence-electron chi connectivity index (χ1n) is 8.24. The molecule has 0 bridgehead atoms. The van der Waals surface area contributed by atoms with Gasteiger partial charge in [0.15, 0.2) is 0 Å². The summed E-state index contributed by atoms with van der Waals surface area (Å²) in [5.41, 5.74) is 0.366. The van der Waals surface area contributed by atoms with Crippen LogP contribution in [0.1, 0.15) is 56.8 Å². The van der Waals surface area contributed by atoms with Crippen LogP contribution in [-0.4, -0.2) is 27.4 Å². The largest absolute Gasteiger partial charge is 0.352 e. The molecule has 1 rings (SSSR count). The fraction of sp³-hybridized carbons (Fsp3) is 0.588. The molecule has 0 spiro atoms. The van der Waals surface area contributed by atoms with Crippen LogP contribution >= 0.6 is 0 Å². The maximum Gasteiger partial charge on any atom is 0.251 e. The van der Waals surface area contributed by atoms with Gasteiger partial charge in [-0.3, -0.25) is 4.79 Å². The molecule has 1 amide bonds. The third kappa shape index (κ3) is 7.14. The summed E-state index contributed by atoms with van der Waals surface area (Å²) in [5.74, 6) is 0.267. The third-order valence-corrected chi connectivity index (χ3v) is 4.94. The van der Waals surface area contributed by atoms with Crippen molar-refractivity contribution in [1.82, 2.24) is 10.0 Å². The summed E-state index contributed by atoms with van der Waals surface area (Å²) in [6.07, 6.45) is 3.72. The average molecular weight is 340 g/mol. The summed E-state index contributed by atoms with van der Waals surface area (Å²) in [6.45, 7) is 7.24. The van der Waals surface area contributed by atoms with E-state index in [1.54, 1.807) is 12.1 Å². The van der Waals surface area contributed by atoms with Crippen molar-refractivity contribution < 1.29 is 13.2 Å². The second-order valence-electron chi connectivity index (χ2n) is 6.07. The summed E-state index contributed by atoms with van der Waals surface area (Å²) in [7, 11) is -3.56. The van der Waals surface area contributed by atoms with Crippen molar-refractivity contribution in [2.75, 3.05) is 13.1 Å².